The highest BCUT2D eigenvalue weighted by atomic mass is 16.2. The molecule has 0 aromatic heterocycles. The van der Waals surface area contributed by atoms with Gasteiger partial charge in [0, 0.05) is 30.6 Å². The second-order valence-electron chi connectivity index (χ2n) is 4.78. The summed E-state index contributed by atoms with van der Waals surface area (Å²) in [6.07, 6.45) is 3.17. The maximum Gasteiger partial charge on any atom is 0.226 e. The molecule has 0 unspecified atom stereocenters. The molecule has 0 spiro atoms. The number of carbonyl (C=O) groups excluding carboxylic acids is 1. The number of carbonyl (C=O) groups is 1. The van der Waals surface area contributed by atoms with Crippen LogP contribution in [0.5, 0.6) is 0 Å². The van der Waals surface area contributed by atoms with Crippen molar-refractivity contribution in [3.05, 3.63) is 29.3 Å². The lowest BCUT2D eigenvalue weighted by molar-refractivity contribution is -0.119. The monoisotopic (exact) mass is 257 g/mol. The largest absolute Gasteiger partial charge is 0.395 e. The Morgan fingerprint density at radius 1 is 1.37 bits per heavy atom. The number of hydrogen-bond acceptors (Lipinski definition) is 2. The summed E-state index contributed by atoms with van der Waals surface area (Å²) in [6.45, 7) is 2.88. The maximum absolute atomic E-state index is 11.9. The lowest BCUT2D eigenvalue weighted by Crippen LogP contribution is -2.35. The van der Waals surface area contributed by atoms with E-state index in [9.17, 15) is 4.79 Å². The van der Waals surface area contributed by atoms with E-state index >= 15 is 0 Å². The first-order chi connectivity index (χ1) is 9.22. The summed E-state index contributed by atoms with van der Waals surface area (Å²) < 4.78 is 0. The molecule has 1 aromatic carbocycles. The van der Waals surface area contributed by atoms with Crippen molar-refractivity contribution in [2.24, 2.45) is 0 Å². The summed E-state index contributed by atoms with van der Waals surface area (Å²) in [5.74, 6) is 6.19. The number of aliphatic hydroxyl groups is 1. The Balaban J connectivity index is 2.25. The van der Waals surface area contributed by atoms with E-state index in [4.69, 9.17) is 5.11 Å². The van der Waals surface area contributed by atoms with Gasteiger partial charge in [0.05, 0.1) is 6.61 Å². The summed E-state index contributed by atoms with van der Waals surface area (Å²) in [6, 6.07) is 5.96. The van der Waals surface area contributed by atoms with Gasteiger partial charge in [0.25, 0.3) is 0 Å². The van der Waals surface area contributed by atoms with Gasteiger partial charge < -0.3 is 10.0 Å². The van der Waals surface area contributed by atoms with Gasteiger partial charge in [-0.15, -0.1) is 0 Å². The molecule has 0 atom stereocenters. The Kier molecular flexibility index (Phi) is 4.59. The summed E-state index contributed by atoms with van der Waals surface area (Å²) in [5.41, 5.74) is 2.96. The van der Waals surface area contributed by atoms with Gasteiger partial charge in [-0.2, -0.15) is 0 Å². The van der Waals surface area contributed by atoms with Crippen LogP contribution < -0.4 is 4.90 Å². The minimum absolute atomic E-state index is 0.0797. The van der Waals surface area contributed by atoms with Crippen molar-refractivity contribution >= 4 is 11.6 Å². The zero-order chi connectivity index (χ0) is 13.7. The van der Waals surface area contributed by atoms with Crippen LogP contribution in [0.15, 0.2) is 18.2 Å². The third-order valence-electron chi connectivity index (χ3n) is 3.32. The van der Waals surface area contributed by atoms with Crippen LogP contribution in [0, 0.1) is 18.8 Å². The summed E-state index contributed by atoms with van der Waals surface area (Å²) in [4.78, 5) is 13.8. The first-order valence-corrected chi connectivity index (χ1v) is 6.73. The van der Waals surface area contributed by atoms with E-state index in [2.05, 4.69) is 11.8 Å². The second-order valence-corrected chi connectivity index (χ2v) is 4.78. The van der Waals surface area contributed by atoms with Crippen molar-refractivity contribution in [2.75, 3.05) is 18.1 Å². The van der Waals surface area contributed by atoms with Crippen LogP contribution in [0.4, 0.5) is 5.69 Å². The Labute approximate surface area is 114 Å². The predicted molar refractivity (Wildman–Crippen MR) is 76.0 cm³/mol. The molecule has 1 heterocycles. The van der Waals surface area contributed by atoms with Gasteiger partial charge in [-0.3, -0.25) is 4.79 Å². The molecular formula is C16H19NO2. The van der Waals surface area contributed by atoms with Crippen LogP contribution in [0.2, 0.25) is 0 Å². The van der Waals surface area contributed by atoms with Crippen molar-refractivity contribution in [1.29, 1.82) is 0 Å². The van der Waals surface area contributed by atoms with Crippen molar-refractivity contribution in [3.8, 4) is 11.8 Å². The Bertz CT molecular complexity index is 525. The van der Waals surface area contributed by atoms with Crippen LogP contribution in [-0.2, 0) is 4.79 Å². The Morgan fingerprint density at radius 2 is 2.21 bits per heavy atom. The first kappa shape index (κ1) is 13.6. The van der Waals surface area contributed by atoms with E-state index in [1.807, 2.05) is 30.0 Å². The Morgan fingerprint density at radius 3 is 2.95 bits per heavy atom. The molecule has 1 amide bonds. The standard InChI is InChI=1S/C16H19NO2/c1-13-8-9-15(12-14(13)6-3-5-11-18)17-10-4-2-7-16(17)19/h8-9,12,18H,2,4-5,7,10-11H2,1H3. The molecule has 1 N–H and O–H groups in total. The Hall–Kier alpha value is -1.79. The van der Waals surface area contributed by atoms with Crippen molar-refractivity contribution in [3.63, 3.8) is 0 Å². The van der Waals surface area contributed by atoms with Crippen LogP contribution in [-0.4, -0.2) is 24.2 Å². The third-order valence-corrected chi connectivity index (χ3v) is 3.32. The van der Waals surface area contributed by atoms with E-state index < -0.39 is 0 Å². The number of nitrogens with zero attached hydrogens (tertiary/aromatic N) is 1. The number of hydrogen-bond donors (Lipinski definition) is 1. The average molecular weight is 257 g/mol. The SMILES string of the molecule is Cc1ccc(N2CCCCC2=O)cc1C#CCCO. The zero-order valence-electron chi connectivity index (χ0n) is 11.3. The molecule has 0 bridgehead atoms. The molecule has 1 fully saturated rings. The van der Waals surface area contributed by atoms with E-state index in [-0.39, 0.29) is 12.5 Å². The number of anilines is 1. The molecule has 19 heavy (non-hydrogen) atoms. The van der Waals surface area contributed by atoms with Crippen molar-refractivity contribution in [2.45, 2.75) is 32.6 Å². The molecule has 1 aliphatic rings. The summed E-state index contributed by atoms with van der Waals surface area (Å²) in [7, 11) is 0. The fourth-order valence-electron chi connectivity index (χ4n) is 2.21. The van der Waals surface area contributed by atoms with Gasteiger partial charge in [0.1, 0.15) is 0 Å². The minimum atomic E-state index is 0.0797. The molecule has 1 aromatic rings. The fraction of sp³-hybridized carbons (Fsp3) is 0.438. The predicted octanol–water partition coefficient (Wildman–Crippen LogP) is 2.25. The van der Waals surface area contributed by atoms with Crippen molar-refractivity contribution < 1.29 is 9.90 Å². The normalized spacial score (nSPS) is 15.1. The highest BCUT2D eigenvalue weighted by molar-refractivity contribution is 5.94. The lowest BCUT2D eigenvalue weighted by atomic mass is 10.0. The van der Waals surface area contributed by atoms with Crippen molar-refractivity contribution in [1.82, 2.24) is 0 Å². The van der Waals surface area contributed by atoms with Crippen LogP contribution in [0.1, 0.15) is 36.8 Å². The lowest BCUT2D eigenvalue weighted by Gasteiger charge is -2.27. The van der Waals surface area contributed by atoms with E-state index in [0.717, 1.165) is 36.2 Å². The quantitative estimate of drug-likeness (QED) is 0.825. The topological polar surface area (TPSA) is 40.5 Å². The third kappa shape index (κ3) is 3.36. The van der Waals surface area contributed by atoms with Gasteiger partial charge >= 0.3 is 0 Å². The smallest absolute Gasteiger partial charge is 0.226 e. The highest BCUT2D eigenvalue weighted by Gasteiger charge is 2.19. The average Bonchev–Trinajstić information content (AvgIpc) is 2.42. The minimum Gasteiger partial charge on any atom is -0.395 e. The molecule has 100 valence electrons. The number of benzene rings is 1. The summed E-state index contributed by atoms with van der Waals surface area (Å²) in [5, 5.41) is 8.75. The second kappa shape index (κ2) is 6.40. The molecular weight excluding hydrogens is 238 g/mol. The van der Waals surface area contributed by atoms with Gasteiger partial charge in [0.15, 0.2) is 0 Å². The highest BCUT2D eigenvalue weighted by Crippen LogP contribution is 2.23. The van der Waals surface area contributed by atoms with E-state index in [1.165, 1.54) is 0 Å². The summed E-state index contributed by atoms with van der Waals surface area (Å²) >= 11 is 0. The number of aryl methyl sites for hydroxylation is 1. The van der Waals surface area contributed by atoms with E-state index in [0.29, 0.717) is 12.8 Å². The molecule has 1 aliphatic heterocycles. The number of piperidine rings is 1. The molecule has 3 heteroatoms. The van der Waals surface area contributed by atoms with Crippen LogP contribution in [0.3, 0.4) is 0 Å². The number of rotatable bonds is 2. The van der Waals surface area contributed by atoms with E-state index in [1.54, 1.807) is 0 Å². The zero-order valence-corrected chi connectivity index (χ0v) is 11.3. The number of amides is 1. The molecule has 1 saturated heterocycles. The van der Waals surface area contributed by atoms with Gasteiger partial charge in [-0.05, 0) is 37.5 Å². The van der Waals surface area contributed by atoms with Crippen LogP contribution in [0.25, 0.3) is 0 Å². The van der Waals surface area contributed by atoms with Crippen LogP contribution >= 0.6 is 0 Å². The molecule has 2 rings (SSSR count). The molecule has 0 aliphatic carbocycles. The molecule has 0 radical (unpaired) electrons. The van der Waals surface area contributed by atoms with Gasteiger partial charge in [-0.25, -0.2) is 0 Å². The molecule has 0 saturated carbocycles. The fourth-order valence-corrected chi connectivity index (χ4v) is 2.21. The maximum atomic E-state index is 11.9. The first-order valence-electron chi connectivity index (χ1n) is 6.73. The van der Waals surface area contributed by atoms with Gasteiger partial charge in [-0.1, -0.05) is 17.9 Å². The molecule has 3 nitrogen and oxygen atoms in total. The number of aliphatic hydroxyl groups excluding tert-OH is 1. The van der Waals surface area contributed by atoms with Gasteiger partial charge in [0.2, 0.25) is 5.91 Å².